The molecule has 1 heterocycles. The van der Waals surface area contributed by atoms with E-state index in [0.29, 0.717) is 23.2 Å². The van der Waals surface area contributed by atoms with Crippen LogP contribution < -0.4 is 5.32 Å². The molecule has 0 saturated heterocycles. The zero-order valence-electron chi connectivity index (χ0n) is 25.7. The number of hydrogen-bond donors (Lipinski definition) is 4. The number of aliphatic hydroxyl groups is 2. The summed E-state index contributed by atoms with van der Waals surface area (Å²) in [7, 11) is 0. The quantitative estimate of drug-likeness (QED) is 0.250. The molecule has 4 aliphatic rings. The van der Waals surface area contributed by atoms with Gasteiger partial charge in [-0.2, -0.15) is 0 Å². The minimum absolute atomic E-state index is 0.0458. The summed E-state index contributed by atoms with van der Waals surface area (Å²) >= 11 is 0. The van der Waals surface area contributed by atoms with Crippen LogP contribution in [0.3, 0.4) is 0 Å². The van der Waals surface area contributed by atoms with Crippen LogP contribution in [-0.4, -0.2) is 45.0 Å². The van der Waals surface area contributed by atoms with E-state index in [1.807, 2.05) is 6.20 Å². The molecule has 222 valence electrons. The fourth-order valence-corrected chi connectivity index (χ4v) is 10.9. The Morgan fingerprint density at radius 3 is 2.62 bits per heavy atom. The highest BCUT2D eigenvalue weighted by atomic mass is 16.3. The van der Waals surface area contributed by atoms with Crippen LogP contribution in [0.5, 0.6) is 0 Å². The van der Waals surface area contributed by atoms with Gasteiger partial charge in [0.2, 0.25) is 0 Å². The molecule has 0 radical (unpaired) electrons. The van der Waals surface area contributed by atoms with E-state index >= 15 is 0 Å². The molecule has 4 N–H and O–H groups in total. The minimum atomic E-state index is -0.698. The van der Waals surface area contributed by atoms with Gasteiger partial charge in [-0.15, -0.1) is 0 Å². The second kappa shape index (κ2) is 11.8. The van der Waals surface area contributed by atoms with Crippen molar-refractivity contribution in [3.8, 4) is 0 Å². The Kier molecular flexibility index (Phi) is 8.92. The van der Waals surface area contributed by atoms with Crippen LogP contribution in [0.1, 0.15) is 117 Å². The van der Waals surface area contributed by atoms with E-state index in [2.05, 4.69) is 49.9 Å². The highest BCUT2D eigenvalue weighted by molar-refractivity contribution is 5.18. The average molecular weight is 542 g/mol. The summed E-state index contributed by atoms with van der Waals surface area (Å²) in [4.78, 5) is 7.44. The average Bonchev–Trinajstić information content (AvgIpc) is 3.53. The van der Waals surface area contributed by atoms with Crippen molar-refractivity contribution >= 4 is 0 Å². The van der Waals surface area contributed by atoms with Crippen molar-refractivity contribution in [3.63, 3.8) is 0 Å². The maximum absolute atomic E-state index is 12.7. The third-order valence-electron chi connectivity index (χ3n) is 13.1. The molecule has 5 nitrogen and oxygen atoms in total. The molecule has 4 saturated carbocycles. The number of hydrogen-bond acceptors (Lipinski definition) is 4. The first-order valence-corrected chi connectivity index (χ1v) is 16.7. The van der Waals surface area contributed by atoms with Gasteiger partial charge in [-0.05, 0) is 105 Å². The summed E-state index contributed by atoms with van der Waals surface area (Å²) in [6.07, 6.45) is 19.2. The maximum Gasteiger partial charge on any atom is 0.0921 e. The van der Waals surface area contributed by atoms with Gasteiger partial charge in [0.05, 0.1) is 11.9 Å². The molecule has 0 bridgehead atoms. The fourth-order valence-electron chi connectivity index (χ4n) is 10.9. The zero-order chi connectivity index (χ0) is 27.8. The van der Waals surface area contributed by atoms with Crippen molar-refractivity contribution in [2.24, 2.45) is 52.3 Å². The van der Waals surface area contributed by atoms with Crippen LogP contribution >= 0.6 is 0 Å². The first-order chi connectivity index (χ1) is 18.6. The minimum Gasteiger partial charge on any atom is -0.396 e. The number of H-pyrrole nitrogens is 1. The van der Waals surface area contributed by atoms with Gasteiger partial charge in [0.1, 0.15) is 0 Å². The Morgan fingerprint density at radius 1 is 1.08 bits per heavy atom. The molecule has 5 rings (SSSR count). The van der Waals surface area contributed by atoms with E-state index < -0.39 is 5.60 Å². The summed E-state index contributed by atoms with van der Waals surface area (Å²) in [5.74, 6) is 5.05. The molecule has 0 aliphatic heterocycles. The Labute approximate surface area is 238 Å². The number of nitrogens with zero attached hydrogens (tertiary/aromatic N) is 1. The van der Waals surface area contributed by atoms with E-state index in [1.54, 1.807) is 6.33 Å². The van der Waals surface area contributed by atoms with Gasteiger partial charge in [0.15, 0.2) is 0 Å². The second-order valence-corrected chi connectivity index (χ2v) is 15.4. The Morgan fingerprint density at radius 2 is 1.90 bits per heavy atom. The Hall–Kier alpha value is -0.910. The van der Waals surface area contributed by atoms with Gasteiger partial charge < -0.3 is 20.5 Å². The number of fused-ring (bicyclic) bond motifs is 5. The van der Waals surface area contributed by atoms with Crippen molar-refractivity contribution < 1.29 is 10.2 Å². The Bertz CT molecular complexity index is 920. The fraction of sp³-hybridized carbons (Fsp3) is 0.912. The topological polar surface area (TPSA) is 81.2 Å². The lowest BCUT2D eigenvalue weighted by atomic mass is 9.41. The van der Waals surface area contributed by atoms with Crippen molar-refractivity contribution in [2.45, 2.75) is 130 Å². The number of aliphatic hydroxyl groups excluding tert-OH is 1. The van der Waals surface area contributed by atoms with Crippen molar-refractivity contribution in [2.75, 3.05) is 13.2 Å². The largest absolute Gasteiger partial charge is 0.396 e. The summed E-state index contributed by atoms with van der Waals surface area (Å²) in [5, 5.41) is 26.4. The van der Waals surface area contributed by atoms with E-state index in [0.717, 1.165) is 74.4 Å². The number of imidazole rings is 1. The van der Waals surface area contributed by atoms with E-state index in [-0.39, 0.29) is 18.1 Å². The predicted molar refractivity (Wildman–Crippen MR) is 159 cm³/mol. The molecule has 5 heteroatoms. The molecular weight excluding hydrogens is 482 g/mol. The number of aromatic amines is 1. The molecule has 39 heavy (non-hydrogen) atoms. The monoisotopic (exact) mass is 541 g/mol. The zero-order valence-corrected chi connectivity index (χ0v) is 25.7. The predicted octanol–water partition coefficient (Wildman–Crippen LogP) is 6.76. The molecule has 1 aromatic rings. The SMILES string of the molecule is CC(C)CCC[C@@H](C)[C@H]1CC[C@H]2[C@@H]3C[C@@H](NCCc4cnc[nH]4)[C@@]4(O)C[C@@H](CCO)CC[C@]4(C)[C@H]3CC[C@]12C. The number of nitrogens with one attached hydrogen (secondary N) is 2. The molecule has 0 amide bonds. The van der Waals surface area contributed by atoms with Crippen LogP contribution in [0.4, 0.5) is 0 Å². The molecule has 1 aromatic heterocycles. The smallest absolute Gasteiger partial charge is 0.0921 e. The molecule has 0 unspecified atom stereocenters. The number of aromatic nitrogens is 2. The molecule has 4 aliphatic carbocycles. The van der Waals surface area contributed by atoms with Gasteiger partial charge in [-0.1, -0.05) is 53.9 Å². The molecule has 4 fully saturated rings. The summed E-state index contributed by atoms with van der Waals surface area (Å²) in [6.45, 7) is 13.5. The van der Waals surface area contributed by atoms with E-state index in [1.165, 1.54) is 44.9 Å². The first-order valence-electron chi connectivity index (χ1n) is 16.7. The van der Waals surface area contributed by atoms with Gasteiger partial charge >= 0.3 is 0 Å². The Balaban J connectivity index is 1.37. The van der Waals surface area contributed by atoms with Crippen molar-refractivity contribution in [1.82, 2.24) is 15.3 Å². The summed E-state index contributed by atoms with van der Waals surface area (Å²) in [5.41, 5.74) is 0.869. The normalized spacial score (nSPS) is 42.7. The lowest BCUT2D eigenvalue weighted by Gasteiger charge is -2.67. The lowest BCUT2D eigenvalue weighted by molar-refractivity contribution is -0.228. The standard InChI is InChI=1S/C34H59N3O2/c1-23(2)7-6-8-24(3)28-9-10-29-27-19-31(36-17-13-26-21-35-22-37-26)34(39)20-25(14-18-38)11-16-33(34,5)30(27)12-15-32(28,29)4/h21-25,27-31,36,38-39H,6-20H2,1-5H3,(H,35,37)/t24-,25-,27+,28-,29+,30+,31-,32-,33-,34+/m1/s1. The highest BCUT2D eigenvalue weighted by Crippen LogP contribution is 2.69. The second-order valence-electron chi connectivity index (χ2n) is 15.4. The van der Waals surface area contributed by atoms with Gasteiger partial charge in [-0.25, -0.2) is 4.98 Å². The van der Waals surface area contributed by atoms with Gasteiger partial charge in [0.25, 0.3) is 0 Å². The van der Waals surface area contributed by atoms with E-state index in [4.69, 9.17) is 0 Å². The highest BCUT2D eigenvalue weighted by Gasteiger charge is 2.67. The molecule has 0 aromatic carbocycles. The van der Waals surface area contributed by atoms with Crippen molar-refractivity contribution in [3.05, 3.63) is 18.2 Å². The van der Waals surface area contributed by atoms with E-state index in [9.17, 15) is 10.2 Å². The van der Waals surface area contributed by atoms with Crippen LogP contribution in [0.25, 0.3) is 0 Å². The maximum atomic E-state index is 12.7. The van der Waals surface area contributed by atoms with Crippen LogP contribution in [0.2, 0.25) is 0 Å². The molecular formula is C34H59N3O2. The summed E-state index contributed by atoms with van der Waals surface area (Å²) in [6, 6.07) is 0.123. The summed E-state index contributed by atoms with van der Waals surface area (Å²) < 4.78 is 0. The third kappa shape index (κ3) is 5.39. The first kappa shape index (κ1) is 29.6. The van der Waals surface area contributed by atoms with Crippen molar-refractivity contribution in [1.29, 1.82) is 0 Å². The third-order valence-corrected chi connectivity index (χ3v) is 13.1. The van der Waals surface area contributed by atoms with Crippen LogP contribution in [0, 0.1) is 52.3 Å². The van der Waals surface area contributed by atoms with Crippen LogP contribution in [0.15, 0.2) is 12.5 Å². The van der Waals surface area contributed by atoms with Crippen LogP contribution in [-0.2, 0) is 6.42 Å². The lowest BCUT2D eigenvalue weighted by Crippen LogP contribution is -2.71. The molecule has 10 atom stereocenters. The number of rotatable bonds is 11. The van der Waals surface area contributed by atoms with Gasteiger partial charge in [-0.3, -0.25) is 0 Å². The van der Waals surface area contributed by atoms with Gasteiger partial charge in [0, 0.05) is 42.9 Å². The molecule has 0 spiro atoms.